The third-order valence-electron chi connectivity index (χ3n) is 3.52. The van der Waals surface area contributed by atoms with Gasteiger partial charge in [0.05, 0.1) is 23.2 Å². The zero-order valence-corrected chi connectivity index (χ0v) is 12.1. The van der Waals surface area contributed by atoms with Crippen LogP contribution in [-0.4, -0.2) is 17.5 Å². The number of aromatic nitrogens is 1. The summed E-state index contributed by atoms with van der Waals surface area (Å²) in [5.41, 5.74) is 6.42. The molecule has 1 aromatic heterocycles. The molecular weight excluding hydrogens is 317 g/mol. The lowest BCUT2D eigenvalue weighted by molar-refractivity contribution is 0.0850. The molecule has 0 bridgehead atoms. The van der Waals surface area contributed by atoms with Crippen molar-refractivity contribution in [1.29, 1.82) is 0 Å². The fourth-order valence-electron chi connectivity index (χ4n) is 2.04. The van der Waals surface area contributed by atoms with Crippen molar-refractivity contribution in [2.45, 2.75) is 12.3 Å². The number of alkyl halides is 2. The van der Waals surface area contributed by atoms with Crippen molar-refractivity contribution in [2.75, 3.05) is 12.3 Å². The van der Waals surface area contributed by atoms with E-state index in [0.717, 1.165) is 0 Å². The molecule has 0 spiro atoms. The van der Waals surface area contributed by atoms with E-state index >= 15 is 0 Å². The molecule has 0 radical (unpaired) electrons. The Bertz CT molecular complexity index is 707. The summed E-state index contributed by atoms with van der Waals surface area (Å²) in [6, 6.07) is 5.70. The highest BCUT2D eigenvalue weighted by Crippen LogP contribution is 2.48. The maximum Gasteiger partial charge on any atom is 0.255 e. The Morgan fingerprint density at radius 1 is 1.36 bits per heavy atom. The minimum Gasteiger partial charge on any atom is -0.477 e. The van der Waals surface area contributed by atoms with Gasteiger partial charge in [-0.05, 0) is 18.2 Å². The molecule has 1 aliphatic carbocycles. The minimum absolute atomic E-state index is 0.0352. The number of halogens is 4. The number of hydrogen-bond donors (Lipinski definition) is 1. The minimum atomic E-state index is -2.62. The number of benzene rings is 1. The van der Waals surface area contributed by atoms with Gasteiger partial charge in [0.2, 0.25) is 5.88 Å². The molecule has 0 saturated heterocycles. The molecule has 22 heavy (non-hydrogen) atoms. The van der Waals surface area contributed by atoms with E-state index < -0.39 is 17.7 Å². The van der Waals surface area contributed by atoms with Gasteiger partial charge < -0.3 is 10.5 Å². The Labute approximate surface area is 129 Å². The first-order chi connectivity index (χ1) is 10.4. The molecule has 3 nitrogen and oxygen atoms in total. The number of pyridine rings is 1. The van der Waals surface area contributed by atoms with Gasteiger partial charge in [-0.15, -0.1) is 0 Å². The lowest BCUT2D eigenvalue weighted by atomic mass is 10.1. The topological polar surface area (TPSA) is 48.1 Å². The average Bonchev–Trinajstić information content (AvgIpc) is 3.09. The first kappa shape index (κ1) is 15.0. The quantitative estimate of drug-likeness (QED) is 0.857. The van der Waals surface area contributed by atoms with Crippen LogP contribution >= 0.6 is 11.6 Å². The van der Waals surface area contributed by atoms with Gasteiger partial charge in [0.15, 0.2) is 0 Å². The van der Waals surface area contributed by atoms with E-state index in [4.69, 9.17) is 22.1 Å². The summed E-state index contributed by atoms with van der Waals surface area (Å²) in [6.45, 7) is -0.0728. The zero-order chi connectivity index (χ0) is 15.9. The molecule has 0 aliphatic heterocycles. The van der Waals surface area contributed by atoms with Gasteiger partial charge in [-0.2, -0.15) is 0 Å². The normalized spacial score (nSPS) is 19.0. The summed E-state index contributed by atoms with van der Waals surface area (Å²) < 4.78 is 44.2. The van der Waals surface area contributed by atoms with E-state index in [9.17, 15) is 13.2 Å². The van der Waals surface area contributed by atoms with Crippen LogP contribution in [0.2, 0.25) is 5.02 Å². The van der Waals surface area contributed by atoms with E-state index in [0.29, 0.717) is 16.1 Å². The molecule has 7 heteroatoms. The second-order valence-electron chi connectivity index (χ2n) is 5.21. The van der Waals surface area contributed by atoms with Crippen LogP contribution in [0.25, 0.3) is 11.1 Å². The lowest BCUT2D eigenvalue weighted by Crippen LogP contribution is -2.06. The summed E-state index contributed by atoms with van der Waals surface area (Å²) in [7, 11) is 0. The van der Waals surface area contributed by atoms with Crippen molar-refractivity contribution in [1.82, 2.24) is 4.98 Å². The Balaban J connectivity index is 1.73. The number of ether oxygens (including phenoxy) is 1. The Hall–Kier alpha value is -1.95. The van der Waals surface area contributed by atoms with E-state index in [1.165, 1.54) is 24.4 Å². The first-order valence-corrected chi connectivity index (χ1v) is 6.96. The second-order valence-corrected chi connectivity index (χ2v) is 5.62. The number of nitrogens with two attached hydrogens (primary N) is 1. The standard InChI is InChI=1S/C15H12ClF3N2O/c16-11-4-13(20)12(17)3-10(11)8-1-2-14(21-6-8)22-7-9-5-15(9,18)19/h1-4,6,9H,5,7,20H2/t9-/m0/s1. The van der Waals surface area contributed by atoms with Crippen molar-refractivity contribution in [3.05, 3.63) is 41.3 Å². The van der Waals surface area contributed by atoms with Gasteiger partial charge in [0, 0.05) is 29.8 Å². The van der Waals surface area contributed by atoms with Crippen molar-refractivity contribution in [3.63, 3.8) is 0 Å². The summed E-state index contributed by atoms with van der Waals surface area (Å²) in [4.78, 5) is 4.02. The van der Waals surface area contributed by atoms with Gasteiger partial charge in [-0.25, -0.2) is 18.2 Å². The third-order valence-corrected chi connectivity index (χ3v) is 3.83. The lowest BCUT2D eigenvalue weighted by Gasteiger charge is -2.08. The first-order valence-electron chi connectivity index (χ1n) is 6.58. The fourth-order valence-corrected chi connectivity index (χ4v) is 2.33. The van der Waals surface area contributed by atoms with Crippen LogP contribution in [-0.2, 0) is 0 Å². The molecule has 1 aromatic carbocycles. The fraction of sp³-hybridized carbons (Fsp3) is 0.267. The van der Waals surface area contributed by atoms with Gasteiger partial charge in [0.1, 0.15) is 5.82 Å². The van der Waals surface area contributed by atoms with Crippen LogP contribution in [0.3, 0.4) is 0 Å². The van der Waals surface area contributed by atoms with Crippen LogP contribution in [0.15, 0.2) is 30.5 Å². The summed E-state index contributed by atoms with van der Waals surface area (Å²) in [6.07, 6.45) is 1.29. The SMILES string of the molecule is Nc1cc(Cl)c(-c2ccc(OC[C@@H]3CC3(F)F)nc2)cc1F. The van der Waals surface area contributed by atoms with Crippen LogP contribution < -0.4 is 10.5 Å². The van der Waals surface area contributed by atoms with Crippen molar-refractivity contribution >= 4 is 17.3 Å². The molecule has 2 N–H and O–H groups in total. The molecule has 1 fully saturated rings. The van der Waals surface area contributed by atoms with Gasteiger partial charge in [0.25, 0.3) is 5.92 Å². The molecule has 1 heterocycles. The highest BCUT2D eigenvalue weighted by molar-refractivity contribution is 6.33. The van der Waals surface area contributed by atoms with Crippen molar-refractivity contribution < 1.29 is 17.9 Å². The maximum absolute atomic E-state index is 13.5. The van der Waals surface area contributed by atoms with Gasteiger partial charge in [-0.1, -0.05) is 11.6 Å². The molecule has 116 valence electrons. The Morgan fingerprint density at radius 3 is 2.68 bits per heavy atom. The molecule has 1 aliphatic rings. The smallest absolute Gasteiger partial charge is 0.255 e. The predicted molar refractivity (Wildman–Crippen MR) is 77.6 cm³/mol. The largest absolute Gasteiger partial charge is 0.477 e. The molecule has 0 amide bonds. The van der Waals surface area contributed by atoms with E-state index in [1.807, 2.05) is 0 Å². The summed E-state index contributed by atoms with van der Waals surface area (Å²) in [5, 5.41) is 0.298. The Morgan fingerprint density at radius 2 is 2.09 bits per heavy atom. The molecule has 1 atom stereocenters. The predicted octanol–water partition coefficient (Wildman–Crippen LogP) is 4.16. The molecular formula is C15H12ClF3N2O. The monoisotopic (exact) mass is 328 g/mol. The van der Waals surface area contributed by atoms with Crippen molar-refractivity contribution in [3.8, 4) is 17.0 Å². The molecule has 2 aromatic rings. The second kappa shape index (κ2) is 5.35. The number of hydrogen-bond acceptors (Lipinski definition) is 3. The van der Waals surface area contributed by atoms with Crippen LogP contribution in [0.4, 0.5) is 18.9 Å². The van der Waals surface area contributed by atoms with Crippen molar-refractivity contribution in [2.24, 2.45) is 5.92 Å². The van der Waals surface area contributed by atoms with E-state index in [1.54, 1.807) is 6.07 Å². The summed E-state index contributed by atoms with van der Waals surface area (Å²) in [5.74, 6) is -3.70. The number of anilines is 1. The van der Waals surface area contributed by atoms with Gasteiger partial charge in [-0.3, -0.25) is 0 Å². The molecule has 3 rings (SSSR count). The Kier molecular flexibility index (Phi) is 3.64. The van der Waals surface area contributed by atoms with Crippen LogP contribution in [0.1, 0.15) is 6.42 Å². The average molecular weight is 329 g/mol. The van der Waals surface area contributed by atoms with Crippen LogP contribution in [0.5, 0.6) is 5.88 Å². The maximum atomic E-state index is 13.5. The zero-order valence-electron chi connectivity index (χ0n) is 11.3. The van der Waals surface area contributed by atoms with Crippen LogP contribution in [0, 0.1) is 11.7 Å². The van der Waals surface area contributed by atoms with E-state index in [2.05, 4.69) is 4.98 Å². The highest BCUT2D eigenvalue weighted by atomic mass is 35.5. The number of nitrogens with zero attached hydrogens (tertiary/aromatic N) is 1. The molecule has 1 saturated carbocycles. The third kappa shape index (κ3) is 2.97. The van der Waals surface area contributed by atoms with E-state index in [-0.39, 0.29) is 24.6 Å². The summed E-state index contributed by atoms with van der Waals surface area (Å²) >= 11 is 6.03. The number of nitrogen functional groups attached to an aromatic ring is 1. The highest BCUT2D eigenvalue weighted by Gasteiger charge is 2.57. The molecule has 0 unspecified atom stereocenters. The number of rotatable bonds is 4. The van der Waals surface area contributed by atoms with Gasteiger partial charge >= 0.3 is 0 Å².